The number of pyridine rings is 1. The molecule has 1 aliphatic heterocycles. The van der Waals surface area contributed by atoms with Crippen LogP contribution in [0, 0.1) is 5.92 Å². The SMILES string of the molecule is CCC[C@H]1COC[C@H](NC(=O)c2nccc(OC)c2OC(C)=O)C(=O)O[C@@H](C)[C@@H]1c1ccccc1. The summed E-state index contributed by atoms with van der Waals surface area (Å²) in [4.78, 5) is 41.7. The summed E-state index contributed by atoms with van der Waals surface area (Å²) in [6.07, 6.45) is 2.77. The minimum atomic E-state index is -1.07. The van der Waals surface area contributed by atoms with E-state index in [0.717, 1.165) is 18.4 Å². The quantitative estimate of drug-likeness (QED) is 0.596. The first kappa shape index (κ1) is 26.2. The molecule has 3 rings (SSSR count). The number of benzene rings is 1. The van der Waals surface area contributed by atoms with Gasteiger partial charge >= 0.3 is 11.9 Å². The second kappa shape index (κ2) is 12.3. The molecule has 1 fully saturated rings. The van der Waals surface area contributed by atoms with Crippen LogP contribution in [-0.2, 0) is 19.1 Å². The van der Waals surface area contributed by atoms with Crippen LogP contribution in [0.3, 0.4) is 0 Å². The number of hydrogen-bond acceptors (Lipinski definition) is 8. The second-order valence-electron chi connectivity index (χ2n) is 8.48. The average molecular weight is 485 g/mol. The van der Waals surface area contributed by atoms with E-state index < -0.39 is 30.0 Å². The minimum Gasteiger partial charge on any atom is -0.493 e. The van der Waals surface area contributed by atoms with Crippen molar-refractivity contribution in [3.8, 4) is 11.5 Å². The number of cyclic esters (lactones) is 1. The van der Waals surface area contributed by atoms with Crippen LogP contribution in [0.1, 0.15) is 55.6 Å². The fourth-order valence-electron chi connectivity index (χ4n) is 4.41. The number of rotatable bonds is 7. The first-order valence-corrected chi connectivity index (χ1v) is 11.7. The van der Waals surface area contributed by atoms with Crippen LogP contribution in [0.4, 0.5) is 0 Å². The Morgan fingerprint density at radius 3 is 2.57 bits per heavy atom. The molecule has 9 nitrogen and oxygen atoms in total. The summed E-state index contributed by atoms with van der Waals surface area (Å²) in [6.45, 7) is 5.53. The molecule has 0 radical (unpaired) electrons. The van der Waals surface area contributed by atoms with E-state index in [1.807, 2.05) is 37.3 Å². The maximum absolute atomic E-state index is 13.1. The summed E-state index contributed by atoms with van der Waals surface area (Å²) in [5.41, 5.74) is 0.884. The molecular weight excluding hydrogens is 452 g/mol. The number of ether oxygens (including phenoxy) is 4. The molecule has 1 saturated heterocycles. The molecule has 0 saturated carbocycles. The predicted octanol–water partition coefficient (Wildman–Crippen LogP) is 3.28. The van der Waals surface area contributed by atoms with Crippen molar-refractivity contribution in [1.82, 2.24) is 10.3 Å². The second-order valence-corrected chi connectivity index (χ2v) is 8.48. The van der Waals surface area contributed by atoms with Crippen molar-refractivity contribution in [1.29, 1.82) is 0 Å². The maximum Gasteiger partial charge on any atom is 0.331 e. The van der Waals surface area contributed by atoms with Gasteiger partial charge in [-0.05, 0) is 24.8 Å². The molecule has 0 unspecified atom stereocenters. The molecule has 188 valence electrons. The van der Waals surface area contributed by atoms with Crippen molar-refractivity contribution in [3.63, 3.8) is 0 Å². The summed E-state index contributed by atoms with van der Waals surface area (Å²) in [7, 11) is 1.38. The molecule has 1 aromatic heterocycles. The Bertz CT molecular complexity index is 1030. The lowest BCUT2D eigenvalue weighted by molar-refractivity contribution is -0.152. The smallest absolute Gasteiger partial charge is 0.331 e. The van der Waals surface area contributed by atoms with Gasteiger partial charge in [-0.25, -0.2) is 9.78 Å². The first-order chi connectivity index (χ1) is 16.8. The Labute approximate surface area is 205 Å². The summed E-state index contributed by atoms with van der Waals surface area (Å²) < 4.78 is 22.1. The van der Waals surface area contributed by atoms with Gasteiger partial charge < -0.3 is 24.3 Å². The summed E-state index contributed by atoms with van der Waals surface area (Å²) in [6, 6.07) is 10.3. The van der Waals surface area contributed by atoms with Crippen molar-refractivity contribution in [2.45, 2.75) is 51.7 Å². The average Bonchev–Trinajstić information content (AvgIpc) is 2.88. The summed E-state index contributed by atoms with van der Waals surface area (Å²) >= 11 is 0. The molecule has 1 aromatic carbocycles. The van der Waals surface area contributed by atoms with Crippen molar-refractivity contribution in [3.05, 3.63) is 53.9 Å². The molecule has 9 heteroatoms. The van der Waals surface area contributed by atoms with Crippen molar-refractivity contribution in [2.75, 3.05) is 20.3 Å². The van der Waals surface area contributed by atoms with E-state index in [1.54, 1.807) is 0 Å². The largest absolute Gasteiger partial charge is 0.493 e. The van der Waals surface area contributed by atoms with Gasteiger partial charge in [0.2, 0.25) is 5.75 Å². The van der Waals surface area contributed by atoms with Crippen molar-refractivity contribution in [2.24, 2.45) is 5.92 Å². The molecule has 1 amide bonds. The summed E-state index contributed by atoms with van der Waals surface area (Å²) in [5.74, 6) is -1.85. The molecular formula is C26H32N2O7. The van der Waals surface area contributed by atoms with Crippen LogP contribution >= 0.6 is 0 Å². The number of amides is 1. The lowest BCUT2D eigenvalue weighted by Crippen LogP contribution is -2.46. The van der Waals surface area contributed by atoms with Gasteiger partial charge in [-0.3, -0.25) is 9.59 Å². The van der Waals surface area contributed by atoms with Crippen LogP contribution in [0.25, 0.3) is 0 Å². The molecule has 0 spiro atoms. The van der Waals surface area contributed by atoms with Gasteiger partial charge in [0, 0.05) is 25.1 Å². The number of esters is 2. The fraction of sp³-hybridized carbons (Fsp3) is 0.462. The zero-order chi connectivity index (χ0) is 25.4. The molecule has 4 atom stereocenters. The monoisotopic (exact) mass is 484 g/mol. The van der Waals surface area contributed by atoms with E-state index in [1.165, 1.54) is 26.3 Å². The van der Waals surface area contributed by atoms with E-state index >= 15 is 0 Å². The van der Waals surface area contributed by atoms with Crippen molar-refractivity contribution >= 4 is 17.8 Å². The fourth-order valence-corrected chi connectivity index (χ4v) is 4.41. The number of carbonyl (C=O) groups excluding carboxylic acids is 3. The van der Waals surface area contributed by atoms with Gasteiger partial charge in [-0.2, -0.15) is 0 Å². The molecule has 35 heavy (non-hydrogen) atoms. The standard InChI is InChI=1S/C26H32N2O7/c1-5-9-19-14-33-15-20(26(31)34-16(2)22(19)18-10-7-6-8-11-18)28-25(30)23-24(35-17(3)29)21(32-4)12-13-27-23/h6-8,10-13,16,19-20,22H,5,9,14-15H2,1-4H3,(H,28,30)/t16-,19-,20-,22+/m0/s1. The Morgan fingerprint density at radius 2 is 1.91 bits per heavy atom. The Balaban J connectivity index is 1.83. The molecule has 1 N–H and O–H groups in total. The topological polar surface area (TPSA) is 113 Å². The molecule has 2 aromatic rings. The number of hydrogen-bond donors (Lipinski definition) is 1. The van der Waals surface area contributed by atoms with E-state index in [0.29, 0.717) is 6.61 Å². The molecule has 1 aliphatic rings. The third-order valence-electron chi connectivity index (χ3n) is 5.92. The van der Waals surface area contributed by atoms with Gasteiger partial charge in [0.05, 0.1) is 20.3 Å². The number of nitrogens with zero attached hydrogens (tertiary/aromatic N) is 1. The number of aromatic nitrogens is 1. The highest BCUT2D eigenvalue weighted by atomic mass is 16.6. The maximum atomic E-state index is 13.1. The third kappa shape index (κ3) is 6.57. The van der Waals surface area contributed by atoms with Crippen LogP contribution in [-0.4, -0.2) is 55.3 Å². The summed E-state index contributed by atoms with van der Waals surface area (Å²) in [5, 5.41) is 2.62. The Kier molecular flexibility index (Phi) is 9.19. The highest BCUT2D eigenvalue weighted by Gasteiger charge is 2.36. The lowest BCUT2D eigenvalue weighted by Gasteiger charge is -2.31. The van der Waals surface area contributed by atoms with Gasteiger partial charge in [0.25, 0.3) is 5.91 Å². The third-order valence-corrected chi connectivity index (χ3v) is 5.92. The minimum absolute atomic E-state index is 0.0508. The number of methoxy groups -OCH3 is 1. The van der Waals surface area contributed by atoms with Gasteiger partial charge in [0.1, 0.15) is 6.10 Å². The Hall–Kier alpha value is -3.46. The zero-order valence-electron chi connectivity index (χ0n) is 20.5. The zero-order valence-corrected chi connectivity index (χ0v) is 20.5. The highest BCUT2D eigenvalue weighted by Crippen LogP contribution is 2.34. The van der Waals surface area contributed by atoms with Gasteiger partial charge in [0.15, 0.2) is 17.5 Å². The van der Waals surface area contributed by atoms with E-state index in [-0.39, 0.29) is 35.6 Å². The molecule has 2 heterocycles. The highest BCUT2D eigenvalue weighted by molar-refractivity contribution is 5.98. The normalized spacial score (nSPS) is 22.7. The van der Waals surface area contributed by atoms with E-state index in [9.17, 15) is 14.4 Å². The predicted molar refractivity (Wildman–Crippen MR) is 127 cm³/mol. The lowest BCUT2D eigenvalue weighted by atomic mass is 9.80. The van der Waals surface area contributed by atoms with Gasteiger partial charge in [-0.15, -0.1) is 0 Å². The van der Waals surface area contributed by atoms with Gasteiger partial charge in [-0.1, -0.05) is 43.7 Å². The number of nitrogens with one attached hydrogen (secondary N) is 1. The van der Waals surface area contributed by atoms with Crippen LogP contribution in [0.2, 0.25) is 0 Å². The van der Waals surface area contributed by atoms with Crippen LogP contribution < -0.4 is 14.8 Å². The number of carbonyl (C=O) groups is 3. The Morgan fingerprint density at radius 1 is 1.17 bits per heavy atom. The van der Waals surface area contributed by atoms with Crippen molar-refractivity contribution < 1.29 is 33.3 Å². The van der Waals surface area contributed by atoms with Crippen LogP contribution in [0.15, 0.2) is 42.6 Å². The molecule has 0 aliphatic carbocycles. The first-order valence-electron chi connectivity index (χ1n) is 11.7. The van der Waals surface area contributed by atoms with E-state index in [2.05, 4.69) is 17.2 Å². The molecule has 0 bridgehead atoms. The van der Waals surface area contributed by atoms with E-state index in [4.69, 9.17) is 18.9 Å². The van der Waals surface area contributed by atoms with Crippen LogP contribution in [0.5, 0.6) is 11.5 Å².